The second-order valence-corrected chi connectivity index (χ2v) is 5.31. The molecule has 0 aliphatic heterocycles. The van der Waals surface area contributed by atoms with Gasteiger partial charge in [-0.15, -0.1) is 0 Å². The summed E-state index contributed by atoms with van der Waals surface area (Å²) in [6.45, 7) is 2.83. The maximum atomic E-state index is 11.8. The van der Waals surface area contributed by atoms with Crippen molar-refractivity contribution in [3.05, 3.63) is 39.6 Å². The van der Waals surface area contributed by atoms with Gasteiger partial charge in [0.25, 0.3) is 0 Å². The van der Waals surface area contributed by atoms with E-state index in [2.05, 4.69) is 0 Å². The van der Waals surface area contributed by atoms with E-state index in [1.54, 1.807) is 18.2 Å². The summed E-state index contributed by atoms with van der Waals surface area (Å²) >= 11 is 11.7. The van der Waals surface area contributed by atoms with E-state index in [-0.39, 0.29) is 24.4 Å². The lowest BCUT2D eigenvalue weighted by molar-refractivity contribution is -0.120. The zero-order chi connectivity index (χ0) is 16.0. The van der Waals surface area contributed by atoms with Gasteiger partial charge in [0.2, 0.25) is 0 Å². The third-order valence-corrected chi connectivity index (χ3v) is 3.22. The molecule has 0 aromatic heterocycles. The summed E-state index contributed by atoms with van der Waals surface area (Å²) in [7, 11) is 0. The van der Waals surface area contributed by atoms with Crippen LogP contribution < -0.4 is 4.74 Å². The highest BCUT2D eigenvalue weighted by Gasteiger charge is 2.17. The van der Waals surface area contributed by atoms with Crippen molar-refractivity contribution in [1.29, 1.82) is 0 Å². The highest BCUT2D eigenvalue weighted by Crippen LogP contribution is 2.27. The fourth-order valence-corrected chi connectivity index (χ4v) is 2.25. The molecule has 1 rings (SSSR count). The van der Waals surface area contributed by atoms with Gasteiger partial charge < -0.3 is 9.84 Å². The van der Waals surface area contributed by atoms with Gasteiger partial charge in [0.15, 0.2) is 11.6 Å². The molecule has 0 radical (unpaired) electrons. The fraction of sp³-hybridized carbons (Fsp3) is 0.333. The first-order chi connectivity index (χ1) is 9.82. The number of carbonyl (C=O) groups is 2. The largest absolute Gasteiger partial charge is 0.512 e. The molecule has 0 fully saturated rings. The van der Waals surface area contributed by atoms with E-state index >= 15 is 0 Å². The number of hydrogen-bond donors (Lipinski definition) is 1. The molecule has 1 N–H and O–H groups in total. The minimum absolute atomic E-state index is 0.109. The quantitative estimate of drug-likeness (QED) is 0.268. The van der Waals surface area contributed by atoms with Crippen molar-refractivity contribution < 1.29 is 19.4 Å². The van der Waals surface area contributed by atoms with E-state index in [9.17, 15) is 14.7 Å². The summed E-state index contributed by atoms with van der Waals surface area (Å²) in [6.07, 6.45) is 0.514. The molecule has 4 nitrogen and oxygen atoms in total. The van der Waals surface area contributed by atoms with E-state index in [4.69, 9.17) is 27.9 Å². The summed E-state index contributed by atoms with van der Waals surface area (Å²) in [4.78, 5) is 23.1. The SMILES string of the molecule is CC(=O)/C(C(=O)CCCOc1ccc(Cl)cc1Cl)=C(/C)O. The summed E-state index contributed by atoms with van der Waals surface area (Å²) in [5.74, 6) is -0.613. The summed E-state index contributed by atoms with van der Waals surface area (Å²) in [6, 6.07) is 4.86. The number of hydrogen-bond acceptors (Lipinski definition) is 4. The normalized spacial score (nSPS) is 11.8. The number of ketones is 2. The van der Waals surface area contributed by atoms with Gasteiger partial charge in [-0.2, -0.15) is 0 Å². The molecule has 114 valence electrons. The average Bonchev–Trinajstić information content (AvgIpc) is 2.35. The minimum atomic E-state index is -0.443. The Hall–Kier alpha value is -1.52. The Morgan fingerprint density at radius 2 is 1.90 bits per heavy atom. The molecule has 0 unspecified atom stereocenters. The lowest BCUT2D eigenvalue weighted by Gasteiger charge is -2.08. The summed E-state index contributed by atoms with van der Waals surface area (Å²) < 4.78 is 5.44. The summed E-state index contributed by atoms with van der Waals surface area (Å²) in [5, 5.41) is 10.2. The Morgan fingerprint density at radius 1 is 1.24 bits per heavy atom. The van der Waals surface area contributed by atoms with Crippen LogP contribution in [0.3, 0.4) is 0 Å². The molecule has 0 spiro atoms. The third-order valence-electron chi connectivity index (χ3n) is 2.69. The fourth-order valence-electron chi connectivity index (χ4n) is 1.78. The highest BCUT2D eigenvalue weighted by molar-refractivity contribution is 6.35. The van der Waals surface area contributed by atoms with E-state index in [1.807, 2.05) is 0 Å². The number of aliphatic hydroxyl groups is 1. The van der Waals surface area contributed by atoms with Crippen LogP contribution in [-0.4, -0.2) is 23.3 Å². The Kier molecular flexibility index (Phi) is 6.72. The average molecular weight is 331 g/mol. The maximum Gasteiger partial charge on any atom is 0.169 e. The Balaban J connectivity index is 2.49. The Bertz CT molecular complexity index is 575. The van der Waals surface area contributed by atoms with E-state index < -0.39 is 11.6 Å². The van der Waals surface area contributed by atoms with Gasteiger partial charge in [-0.3, -0.25) is 9.59 Å². The van der Waals surface area contributed by atoms with Crippen molar-refractivity contribution >= 4 is 34.8 Å². The highest BCUT2D eigenvalue weighted by atomic mass is 35.5. The maximum absolute atomic E-state index is 11.8. The van der Waals surface area contributed by atoms with Crippen molar-refractivity contribution in [1.82, 2.24) is 0 Å². The first-order valence-corrected chi connectivity index (χ1v) is 7.10. The van der Waals surface area contributed by atoms with Crippen LogP contribution in [0, 0.1) is 0 Å². The lowest BCUT2D eigenvalue weighted by atomic mass is 10.0. The first kappa shape index (κ1) is 17.5. The van der Waals surface area contributed by atoms with Crippen LogP contribution in [0.4, 0.5) is 0 Å². The molecular formula is C15H16Cl2O4. The Morgan fingerprint density at radius 3 is 2.43 bits per heavy atom. The number of halogens is 2. The predicted octanol–water partition coefficient (Wildman–Crippen LogP) is 4.14. The molecule has 1 aromatic carbocycles. The van der Waals surface area contributed by atoms with Crippen LogP contribution in [0.15, 0.2) is 29.5 Å². The van der Waals surface area contributed by atoms with Gasteiger partial charge >= 0.3 is 0 Å². The van der Waals surface area contributed by atoms with Crippen LogP contribution >= 0.6 is 23.2 Å². The minimum Gasteiger partial charge on any atom is -0.512 e. The molecule has 0 heterocycles. The van der Waals surface area contributed by atoms with Crippen molar-refractivity contribution in [2.75, 3.05) is 6.61 Å². The standard InChI is InChI=1S/C15H16Cl2O4/c1-9(18)15(10(2)19)13(20)4-3-7-21-14-6-5-11(16)8-12(14)17/h5-6,8,18H,3-4,7H2,1-2H3/b15-9+. The van der Waals surface area contributed by atoms with Crippen LogP contribution in [0.25, 0.3) is 0 Å². The van der Waals surface area contributed by atoms with E-state index in [0.717, 1.165) is 0 Å². The molecule has 0 saturated heterocycles. The van der Waals surface area contributed by atoms with Crippen molar-refractivity contribution in [3.8, 4) is 5.75 Å². The smallest absolute Gasteiger partial charge is 0.169 e. The van der Waals surface area contributed by atoms with Crippen molar-refractivity contribution in [2.24, 2.45) is 0 Å². The molecule has 0 saturated carbocycles. The molecule has 0 bridgehead atoms. The number of benzene rings is 1. The van der Waals surface area contributed by atoms with E-state index in [1.165, 1.54) is 13.8 Å². The van der Waals surface area contributed by atoms with Gasteiger partial charge in [-0.1, -0.05) is 23.2 Å². The molecule has 1 aromatic rings. The zero-order valence-electron chi connectivity index (χ0n) is 11.8. The second kappa shape index (κ2) is 8.05. The second-order valence-electron chi connectivity index (χ2n) is 4.47. The number of rotatable bonds is 7. The number of carbonyl (C=O) groups excluding carboxylic acids is 2. The molecule has 0 aliphatic rings. The molecule has 6 heteroatoms. The number of aliphatic hydroxyl groups excluding tert-OH is 1. The van der Waals surface area contributed by atoms with Gasteiger partial charge in [-0.05, 0) is 38.5 Å². The van der Waals surface area contributed by atoms with Crippen LogP contribution in [0.1, 0.15) is 26.7 Å². The monoisotopic (exact) mass is 330 g/mol. The van der Waals surface area contributed by atoms with Crippen molar-refractivity contribution in [2.45, 2.75) is 26.7 Å². The molecule has 0 atom stereocenters. The number of ether oxygens (including phenoxy) is 1. The zero-order valence-corrected chi connectivity index (χ0v) is 13.3. The first-order valence-electron chi connectivity index (χ1n) is 6.34. The molecular weight excluding hydrogens is 315 g/mol. The Labute approximate surface area is 133 Å². The molecule has 0 aliphatic carbocycles. The summed E-state index contributed by atoms with van der Waals surface area (Å²) in [5.41, 5.74) is -0.153. The van der Waals surface area contributed by atoms with E-state index in [0.29, 0.717) is 22.2 Å². The van der Waals surface area contributed by atoms with Gasteiger partial charge in [-0.25, -0.2) is 0 Å². The van der Waals surface area contributed by atoms with Gasteiger partial charge in [0.05, 0.1) is 17.2 Å². The van der Waals surface area contributed by atoms with Gasteiger partial charge in [0, 0.05) is 11.4 Å². The van der Waals surface area contributed by atoms with Crippen LogP contribution in [0.2, 0.25) is 10.0 Å². The predicted molar refractivity (Wildman–Crippen MR) is 82.2 cm³/mol. The van der Waals surface area contributed by atoms with Gasteiger partial charge in [0.1, 0.15) is 11.5 Å². The van der Waals surface area contributed by atoms with Crippen LogP contribution in [-0.2, 0) is 9.59 Å². The third kappa shape index (κ3) is 5.40. The number of Topliss-reactive ketones (excluding diaryl/α,β-unsaturated/α-hetero) is 2. The lowest BCUT2D eigenvalue weighted by Crippen LogP contribution is -2.13. The van der Waals surface area contributed by atoms with Crippen LogP contribution in [0.5, 0.6) is 5.75 Å². The van der Waals surface area contributed by atoms with Crippen molar-refractivity contribution in [3.63, 3.8) is 0 Å². The number of allylic oxidation sites excluding steroid dienone is 2. The molecule has 21 heavy (non-hydrogen) atoms. The topological polar surface area (TPSA) is 63.6 Å². The molecule has 0 amide bonds.